The Kier molecular flexibility index (Phi) is 4.92. The number of amides is 2. The van der Waals surface area contributed by atoms with Crippen LogP contribution in [-0.4, -0.2) is 47.8 Å². The molecule has 0 radical (unpaired) electrons. The van der Waals surface area contributed by atoms with Gasteiger partial charge in [0, 0.05) is 43.2 Å². The van der Waals surface area contributed by atoms with Gasteiger partial charge >= 0.3 is 0 Å². The van der Waals surface area contributed by atoms with Crippen molar-refractivity contribution in [3.63, 3.8) is 0 Å². The van der Waals surface area contributed by atoms with E-state index >= 15 is 0 Å². The molecule has 0 spiro atoms. The fourth-order valence-corrected chi connectivity index (χ4v) is 3.68. The smallest absolute Gasteiger partial charge is 0.254 e. The summed E-state index contributed by atoms with van der Waals surface area (Å²) in [6.07, 6.45) is 2.76. The van der Waals surface area contributed by atoms with Crippen LogP contribution in [0.5, 0.6) is 0 Å². The number of hydrogen-bond acceptors (Lipinski definition) is 2. The maximum atomic E-state index is 14.3. The number of halogens is 1. The van der Waals surface area contributed by atoms with Crippen molar-refractivity contribution in [1.29, 1.82) is 0 Å². The van der Waals surface area contributed by atoms with E-state index in [1.807, 2.05) is 11.0 Å². The zero-order valence-corrected chi connectivity index (χ0v) is 15.2. The van der Waals surface area contributed by atoms with Crippen molar-refractivity contribution in [3.05, 3.63) is 59.9 Å². The van der Waals surface area contributed by atoms with Crippen LogP contribution in [0.25, 0.3) is 11.1 Å². The molecule has 2 aromatic rings. The summed E-state index contributed by atoms with van der Waals surface area (Å²) in [5.41, 5.74) is 1.54. The molecule has 1 saturated heterocycles. The standard InChI is InChI=1S/C22H23FN2O2/c23-20-9-4-3-7-18(20)17-6-1-2-8-19(17)22(27)25-13-5-12-24(14-15-25)21(26)16-10-11-16/h1-4,6-9,16H,5,10-15H2. The normalized spacial score (nSPS) is 17.5. The molecule has 1 saturated carbocycles. The molecule has 0 N–H and O–H groups in total. The predicted octanol–water partition coefficient (Wildman–Crippen LogP) is 3.58. The summed E-state index contributed by atoms with van der Waals surface area (Å²) in [5.74, 6) is -0.00511. The van der Waals surface area contributed by atoms with Gasteiger partial charge in [-0.25, -0.2) is 4.39 Å². The van der Waals surface area contributed by atoms with Gasteiger partial charge in [0.25, 0.3) is 5.91 Å². The van der Waals surface area contributed by atoms with Gasteiger partial charge in [0.2, 0.25) is 5.91 Å². The zero-order chi connectivity index (χ0) is 18.8. The van der Waals surface area contributed by atoms with Gasteiger partial charge in [0.15, 0.2) is 0 Å². The van der Waals surface area contributed by atoms with E-state index in [0.717, 1.165) is 19.3 Å². The molecule has 4 rings (SSSR count). The van der Waals surface area contributed by atoms with E-state index in [-0.39, 0.29) is 23.5 Å². The van der Waals surface area contributed by atoms with Crippen LogP contribution < -0.4 is 0 Å². The van der Waals surface area contributed by atoms with Crippen molar-refractivity contribution in [1.82, 2.24) is 9.80 Å². The second-order valence-corrected chi connectivity index (χ2v) is 7.27. The molecule has 1 heterocycles. The molecular formula is C22H23FN2O2. The zero-order valence-electron chi connectivity index (χ0n) is 15.2. The SMILES string of the molecule is O=C(c1ccccc1-c1ccccc1F)N1CCCN(C(=O)C2CC2)CC1. The minimum absolute atomic E-state index is 0.102. The van der Waals surface area contributed by atoms with E-state index in [1.54, 1.807) is 41.3 Å². The highest BCUT2D eigenvalue weighted by Crippen LogP contribution is 2.31. The lowest BCUT2D eigenvalue weighted by Gasteiger charge is -2.23. The fraction of sp³-hybridized carbons (Fsp3) is 0.364. The first-order valence-corrected chi connectivity index (χ1v) is 9.57. The summed E-state index contributed by atoms with van der Waals surface area (Å²) in [5, 5.41) is 0. The van der Waals surface area contributed by atoms with Crippen LogP contribution in [0.3, 0.4) is 0 Å². The Hall–Kier alpha value is -2.69. The van der Waals surface area contributed by atoms with Crippen molar-refractivity contribution >= 4 is 11.8 Å². The Morgan fingerprint density at radius 3 is 2.19 bits per heavy atom. The monoisotopic (exact) mass is 366 g/mol. The van der Waals surface area contributed by atoms with E-state index in [2.05, 4.69) is 0 Å². The van der Waals surface area contributed by atoms with E-state index in [4.69, 9.17) is 0 Å². The molecule has 0 atom stereocenters. The van der Waals surface area contributed by atoms with E-state index in [1.165, 1.54) is 6.07 Å². The van der Waals surface area contributed by atoms with Gasteiger partial charge < -0.3 is 9.80 Å². The van der Waals surface area contributed by atoms with Crippen LogP contribution in [0, 0.1) is 11.7 Å². The van der Waals surface area contributed by atoms with Gasteiger partial charge in [-0.2, -0.15) is 0 Å². The first-order valence-electron chi connectivity index (χ1n) is 9.57. The van der Waals surface area contributed by atoms with Crippen molar-refractivity contribution < 1.29 is 14.0 Å². The molecule has 2 aromatic carbocycles. The molecule has 0 aromatic heterocycles. The molecule has 0 bridgehead atoms. The summed E-state index contributed by atoms with van der Waals surface area (Å²) in [4.78, 5) is 29.2. The molecule has 2 amide bonds. The van der Waals surface area contributed by atoms with Gasteiger partial charge in [0.05, 0.1) is 0 Å². The lowest BCUT2D eigenvalue weighted by atomic mass is 9.98. The van der Waals surface area contributed by atoms with Crippen LogP contribution in [0.15, 0.2) is 48.5 Å². The minimum Gasteiger partial charge on any atom is -0.341 e. The average molecular weight is 366 g/mol. The molecule has 0 unspecified atom stereocenters. The van der Waals surface area contributed by atoms with Crippen molar-refractivity contribution in [2.24, 2.45) is 5.92 Å². The average Bonchev–Trinajstić information content (AvgIpc) is 3.54. The van der Waals surface area contributed by atoms with Gasteiger partial charge in [-0.1, -0.05) is 36.4 Å². The summed E-state index contributed by atoms with van der Waals surface area (Å²) in [6, 6.07) is 13.7. The molecule has 2 fully saturated rings. The minimum atomic E-state index is -0.338. The van der Waals surface area contributed by atoms with E-state index < -0.39 is 0 Å². The second-order valence-electron chi connectivity index (χ2n) is 7.27. The largest absolute Gasteiger partial charge is 0.341 e. The summed E-state index contributed by atoms with van der Waals surface area (Å²) >= 11 is 0. The van der Waals surface area contributed by atoms with Gasteiger partial charge in [-0.05, 0) is 37.0 Å². The van der Waals surface area contributed by atoms with Crippen LogP contribution in [-0.2, 0) is 4.79 Å². The number of carbonyl (C=O) groups excluding carboxylic acids is 2. The lowest BCUT2D eigenvalue weighted by molar-refractivity contribution is -0.132. The number of rotatable bonds is 3. The topological polar surface area (TPSA) is 40.6 Å². The molecule has 1 aliphatic heterocycles. The van der Waals surface area contributed by atoms with Crippen LogP contribution >= 0.6 is 0 Å². The molecular weight excluding hydrogens is 343 g/mol. The third-order valence-corrected chi connectivity index (χ3v) is 5.34. The highest BCUT2D eigenvalue weighted by molar-refractivity contribution is 6.01. The number of nitrogens with zero attached hydrogens (tertiary/aromatic N) is 2. The number of benzene rings is 2. The molecule has 4 nitrogen and oxygen atoms in total. The highest BCUT2D eigenvalue weighted by atomic mass is 19.1. The number of hydrogen-bond donors (Lipinski definition) is 0. The van der Waals surface area contributed by atoms with Gasteiger partial charge in [-0.15, -0.1) is 0 Å². The van der Waals surface area contributed by atoms with Crippen molar-refractivity contribution in [2.75, 3.05) is 26.2 Å². The van der Waals surface area contributed by atoms with Crippen LogP contribution in [0.4, 0.5) is 4.39 Å². The number of carbonyl (C=O) groups is 2. The van der Waals surface area contributed by atoms with Crippen molar-refractivity contribution in [3.8, 4) is 11.1 Å². The maximum absolute atomic E-state index is 14.3. The third kappa shape index (κ3) is 3.72. The molecule has 140 valence electrons. The molecule has 1 aliphatic carbocycles. The van der Waals surface area contributed by atoms with Crippen molar-refractivity contribution in [2.45, 2.75) is 19.3 Å². The fourth-order valence-electron chi connectivity index (χ4n) is 3.68. The Morgan fingerprint density at radius 1 is 0.815 bits per heavy atom. The Morgan fingerprint density at radius 2 is 1.44 bits per heavy atom. The second kappa shape index (κ2) is 7.51. The Balaban J connectivity index is 1.55. The quantitative estimate of drug-likeness (QED) is 0.833. The lowest BCUT2D eigenvalue weighted by Crippen LogP contribution is -2.38. The first-order chi connectivity index (χ1) is 13.1. The summed E-state index contributed by atoms with van der Waals surface area (Å²) in [7, 11) is 0. The predicted molar refractivity (Wildman–Crippen MR) is 102 cm³/mol. The van der Waals surface area contributed by atoms with Crippen LogP contribution in [0.2, 0.25) is 0 Å². The molecule has 27 heavy (non-hydrogen) atoms. The third-order valence-electron chi connectivity index (χ3n) is 5.34. The highest BCUT2D eigenvalue weighted by Gasteiger charge is 2.34. The van der Waals surface area contributed by atoms with E-state index in [9.17, 15) is 14.0 Å². The summed E-state index contributed by atoms with van der Waals surface area (Å²) in [6.45, 7) is 2.40. The maximum Gasteiger partial charge on any atom is 0.254 e. The molecule has 5 heteroatoms. The Labute approximate surface area is 158 Å². The first kappa shape index (κ1) is 17.7. The van der Waals surface area contributed by atoms with Crippen LogP contribution in [0.1, 0.15) is 29.6 Å². The van der Waals surface area contributed by atoms with Gasteiger partial charge in [-0.3, -0.25) is 9.59 Å². The van der Waals surface area contributed by atoms with E-state index in [0.29, 0.717) is 42.9 Å². The van der Waals surface area contributed by atoms with Gasteiger partial charge in [0.1, 0.15) is 5.82 Å². The molecule has 2 aliphatic rings. The summed E-state index contributed by atoms with van der Waals surface area (Å²) < 4.78 is 14.3. The Bertz CT molecular complexity index is 863.